The zero-order valence-electron chi connectivity index (χ0n) is 9.16. The van der Waals surface area contributed by atoms with E-state index in [1.165, 1.54) is 32.1 Å². The number of rotatable bonds is 2. The van der Waals surface area contributed by atoms with Gasteiger partial charge in [0.1, 0.15) is 6.04 Å². The van der Waals surface area contributed by atoms with Gasteiger partial charge in [0.05, 0.1) is 4.87 Å². The highest BCUT2D eigenvalue weighted by Gasteiger charge is 2.43. The smallest absolute Gasteiger partial charge is 0.321 e. The van der Waals surface area contributed by atoms with E-state index >= 15 is 0 Å². The Bertz CT molecular complexity index is 253. The summed E-state index contributed by atoms with van der Waals surface area (Å²) in [4.78, 5) is 10.9. The molecule has 0 aromatic heterocycles. The number of hydrogen-bond acceptors (Lipinski definition) is 3. The van der Waals surface area contributed by atoms with Gasteiger partial charge in [0, 0.05) is 5.75 Å². The van der Waals surface area contributed by atoms with Crippen LogP contribution in [0.5, 0.6) is 0 Å². The summed E-state index contributed by atoms with van der Waals surface area (Å²) in [5, 5.41) is 12.3. The summed E-state index contributed by atoms with van der Waals surface area (Å²) in [6.45, 7) is 2.18. The molecular weight excluding hydrogens is 210 g/mol. The fourth-order valence-electron chi connectivity index (χ4n) is 2.71. The average molecular weight is 229 g/mol. The molecule has 1 aliphatic carbocycles. The largest absolute Gasteiger partial charge is 0.480 e. The molecule has 0 amide bonds. The quantitative estimate of drug-likeness (QED) is 0.761. The first kappa shape index (κ1) is 11.3. The van der Waals surface area contributed by atoms with Gasteiger partial charge in [-0.2, -0.15) is 0 Å². The van der Waals surface area contributed by atoms with Crippen LogP contribution in [-0.2, 0) is 4.79 Å². The van der Waals surface area contributed by atoms with E-state index in [9.17, 15) is 4.79 Å². The molecular formula is C11H19NO2S. The van der Waals surface area contributed by atoms with Crippen LogP contribution < -0.4 is 5.32 Å². The van der Waals surface area contributed by atoms with E-state index in [2.05, 4.69) is 12.2 Å². The third-order valence-electron chi connectivity index (χ3n) is 3.69. The molecule has 1 saturated heterocycles. The standard InChI is InChI=1S/C11H19NO2S/c1-11(8-5-3-2-4-6-8)12-9(7-15-11)10(13)14/h8-9,12H,2-7H2,1H3,(H,13,14). The summed E-state index contributed by atoms with van der Waals surface area (Å²) in [5.41, 5.74) is 0. The van der Waals surface area contributed by atoms with Crippen molar-refractivity contribution in [3.8, 4) is 0 Å². The van der Waals surface area contributed by atoms with Crippen molar-refractivity contribution in [2.45, 2.75) is 49.9 Å². The first-order chi connectivity index (χ1) is 7.12. The average Bonchev–Trinajstić information content (AvgIpc) is 2.64. The summed E-state index contributed by atoms with van der Waals surface area (Å²) in [6, 6.07) is -0.345. The summed E-state index contributed by atoms with van der Waals surface area (Å²) in [7, 11) is 0. The Balaban J connectivity index is 1.98. The third kappa shape index (κ3) is 2.31. The van der Waals surface area contributed by atoms with Crippen LogP contribution in [0.25, 0.3) is 0 Å². The minimum absolute atomic E-state index is 0.00345. The number of carboxylic acids is 1. The molecule has 0 bridgehead atoms. The van der Waals surface area contributed by atoms with E-state index in [-0.39, 0.29) is 10.9 Å². The van der Waals surface area contributed by atoms with Gasteiger partial charge in [-0.15, -0.1) is 11.8 Å². The van der Waals surface area contributed by atoms with Crippen molar-refractivity contribution in [1.29, 1.82) is 0 Å². The highest BCUT2D eigenvalue weighted by Crippen LogP contribution is 2.43. The van der Waals surface area contributed by atoms with E-state index < -0.39 is 5.97 Å². The molecule has 15 heavy (non-hydrogen) atoms. The maximum Gasteiger partial charge on any atom is 0.321 e. The van der Waals surface area contributed by atoms with Crippen LogP contribution in [0.1, 0.15) is 39.0 Å². The summed E-state index contributed by atoms with van der Waals surface area (Å²) in [5.74, 6) is 0.658. The van der Waals surface area contributed by atoms with Crippen LogP contribution in [0.15, 0.2) is 0 Å². The zero-order valence-corrected chi connectivity index (χ0v) is 9.98. The monoisotopic (exact) mass is 229 g/mol. The Morgan fingerprint density at radius 3 is 2.60 bits per heavy atom. The molecule has 0 aromatic rings. The highest BCUT2D eigenvalue weighted by molar-refractivity contribution is 8.00. The molecule has 2 aliphatic rings. The lowest BCUT2D eigenvalue weighted by Gasteiger charge is -2.36. The number of carboxylic acid groups (broad SMARTS) is 1. The molecule has 2 unspecified atom stereocenters. The topological polar surface area (TPSA) is 49.3 Å². The van der Waals surface area contributed by atoms with Crippen LogP contribution in [0.3, 0.4) is 0 Å². The fraction of sp³-hybridized carbons (Fsp3) is 0.909. The molecule has 1 saturated carbocycles. The molecule has 1 aliphatic heterocycles. The molecule has 4 heteroatoms. The van der Waals surface area contributed by atoms with E-state index in [1.54, 1.807) is 11.8 Å². The first-order valence-corrected chi connectivity index (χ1v) is 6.75. The maximum absolute atomic E-state index is 10.9. The number of hydrogen-bond donors (Lipinski definition) is 2. The maximum atomic E-state index is 10.9. The lowest BCUT2D eigenvalue weighted by atomic mass is 9.84. The SMILES string of the molecule is CC1(C2CCCCC2)NC(C(=O)O)CS1. The van der Waals surface area contributed by atoms with Gasteiger partial charge in [0.2, 0.25) is 0 Å². The number of aliphatic carboxylic acids is 1. The molecule has 1 heterocycles. The van der Waals surface area contributed by atoms with Crippen molar-refractivity contribution in [3.63, 3.8) is 0 Å². The number of thioether (sulfide) groups is 1. The van der Waals surface area contributed by atoms with E-state index in [1.807, 2.05) is 0 Å². The Morgan fingerprint density at radius 1 is 1.40 bits per heavy atom. The van der Waals surface area contributed by atoms with Crippen LogP contribution in [-0.4, -0.2) is 27.7 Å². The van der Waals surface area contributed by atoms with Gasteiger partial charge >= 0.3 is 5.97 Å². The highest BCUT2D eigenvalue weighted by atomic mass is 32.2. The molecule has 2 fully saturated rings. The van der Waals surface area contributed by atoms with Crippen molar-refractivity contribution in [1.82, 2.24) is 5.32 Å². The zero-order chi connectivity index (χ0) is 10.9. The van der Waals surface area contributed by atoms with Crippen molar-refractivity contribution in [3.05, 3.63) is 0 Å². The minimum Gasteiger partial charge on any atom is -0.480 e. The van der Waals surface area contributed by atoms with Crippen molar-refractivity contribution in [2.24, 2.45) is 5.92 Å². The van der Waals surface area contributed by atoms with Crippen LogP contribution in [0.4, 0.5) is 0 Å². The van der Waals surface area contributed by atoms with Crippen LogP contribution in [0.2, 0.25) is 0 Å². The lowest BCUT2D eigenvalue weighted by Crippen LogP contribution is -2.48. The van der Waals surface area contributed by atoms with Gasteiger partial charge in [-0.05, 0) is 25.7 Å². The van der Waals surface area contributed by atoms with Crippen LogP contribution >= 0.6 is 11.8 Å². The predicted molar refractivity (Wildman–Crippen MR) is 62.0 cm³/mol. The summed E-state index contributed by atoms with van der Waals surface area (Å²) < 4.78 is 0. The number of carbonyl (C=O) groups is 1. The van der Waals surface area contributed by atoms with Gasteiger partial charge in [0.15, 0.2) is 0 Å². The third-order valence-corrected chi connectivity index (χ3v) is 5.24. The van der Waals surface area contributed by atoms with Crippen LogP contribution in [0, 0.1) is 5.92 Å². The Morgan fingerprint density at radius 2 is 2.07 bits per heavy atom. The van der Waals surface area contributed by atoms with E-state index in [0.29, 0.717) is 11.7 Å². The summed E-state index contributed by atoms with van der Waals surface area (Å²) in [6.07, 6.45) is 6.46. The van der Waals surface area contributed by atoms with Gasteiger partial charge in [-0.25, -0.2) is 0 Å². The minimum atomic E-state index is -0.706. The Labute approximate surface area is 95.0 Å². The molecule has 0 aromatic carbocycles. The second-order valence-electron chi connectivity index (χ2n) is 4.79. The van der Waals surface area contributed by atoms with Crippen molar-refractivity contribution < 1.29 is 9.90 Å². The Kier molecular flexibility index (Phi) is 3.26. The second kappa shape index (κ2) is 4.34. The molecule has 0 radical (unpaired) electrons. The van der Waals surface area contributed by atoms with Gasteiger partial charge < -0.3 is 5.11 Å². The van der Waals surface area contributed by atoms with Gasteiger partial charge in [0.25, 0.3) is 0 Å². The first-order valence-electron chi connectivity index (χ1n) is 5.76. The second-order valence-corrected chi connectivity index (χ2v) is 6.26. The van der Waals surface area contributed by atoms with Gasteiger partial charge in [-0.3, -0.25) is 10.1 Å². The molecule has 3 nitrogen and oxygen atoms in total. The normalized spacial score (nSPS) is 38.1. The molecule has 2 N–H and O–H groups in total. The molecule has 86 valence electrons. The van der Waals surface area contributed by atoms with E-state index in [4.69, 9.17) is 5.11 Å². The number of nitrogens with one attached hydrogen (secondary N) is 1. The molecule has 2 rings (SSSR count). The van der Waals surface area contributed by atoms with E-state index in [0.717, 1.165) is 0 Å². The fourth-order valence-corrected chi connectivity index (χ4v) is 4.14. The summed E-state index contributed by atoms with van der Waals surface area (Å²) >= 11 is 1.80. The molecule has 2 atom stereocenters. The molecule has 0 spiro atoms. The van der Waals surface area contributed by atoms with Crippen molar-refractivity contribution >= 4 is 17.7 Å². The predicted octanol–water partition coefficient (Wildman–Crippen LogP) is 2.07. The lowest BCUT2D eigenvalue weighted by molar-refractivity contribution is -0.139. The van der Waals surface area contributed by atoms with Gasteiger partial charge in [-0.1, -0.05) is 19.3 Å². The van der Waals surface area contributed by atoms with Crippen molar-refractivity contribution in [2.75, 3.05) is 5.75 Å². The Hall–Kier alpha value is -0.220.